The smallest absolute Gasteiger partial charge is 0.360 e. The Hall–Kier alpha value is -3.08. The molecule has 3 rings (SSSR count). The molecule has 0 aliphatic rings. The van der Waals surface area contributed by atoms with Crippen LogP contribution in [0.1, 0.15) is 29.8 Å². The van der Waals surface area contributed by atoms with E-state index in [1.54, 1.807) is 18.2 Å². The second-order valence-corrected chi connectivity index (χ2v) is 6.56. The summed E-state index contributed by atoms with van der Waals surface area (Å²) in [5.74, 6) is -0.173. The van der Waals surface area contributed by atoms with E-state index in [0.717, 1.165) is 5.69 Å². The van der Waals surface area contributed by atoms with Crippen molar-refractivity contribution in [2.75, 3.05) is 37.0 Å². The molecule has 0 saturated heterocycles. The standard InChI is InChI=1S/C22H24N2O3/c1-5-24(6-2)20-19(21(25)15-10-8-7-9-11-15)17-13-12-16(23(3)4)14-18(17)27-22(20)26/h7-14H,5-6H2,1-4H3. The summed E-state index contributed by atoms with van der Waals surface area (Å²) in [7, 11) is 3.83. The Balaban J connectivity index is 2.36. The maximum atomic E-state index is 13.4. The van der Waals surface area contributed by atoms with Crippen molar-refractivity contribution in [1.29, 1.82) is 0 Å². The van der Waals surface area contributed by atoms with Crippen LogP contribution in [0.25, 0.3) is 11.0 Å². The Morgan fingerprint density at radius 3 is 2.26 bits per heavy atom. The molecule has 0 aliphatic heterocycles. The lowest BCUT2D eigenvalue weighted by Crippen LogP contribution is -2.30. The van der Waals surface area contributed by atoms with Gasteiger partial charge in [-0.15, -0.1) is 0 Å². The largest absolute Gasteiger partial charge is 0.421 e. The van der Waals surface area contributed by atoms with E-state index in [1.807, 2.05) is 68.1 Å². The first kappa shape index (κ1) is 18.7. The van der Waals surface area contributed by atoms with Gasteiger partial charge in [0.15, 0.2) is 5.78 Å². The molecule has 1 heterocycles. The average molecular weight is 364 g/mol. The highest BCUT2D eigenvalue weighted by atomic mass is 16.4. The molecule has 0 amide bonds. The van der Waals surface area contributed by atoms with Gasteiger partial charge < -0.3 is 14.2 Å². The summed E-state index contributed by atoms with van der Waals surface area (Å²) in [5, 5.41) is 0.649. The third-order valence-electron chi connectivity index (χ3n) is 4.73. The monoisotopic (exact) mass is 364 g/mol. The van der Waals surface area contributed by atoms with E-state index in [9.17, 15) is 9.59 Å². The van der Waals surface area contributed by atoms with E-state index in [1.165, 1.54) is 0 Å². The van der Waals surface area contributed by atoms with Crippen LogP contribution >= 0.6 is 0 Å². The summed E-state index contributed by atoms with van der Waals surface area (Å²) in [6.45, 7) is 5.13. The Bertz CT molecular complexity index is 1020. The van der Waals surface area contributed by atoms with E-state index in [4.69, 9.17) is 4.42 Å². The summed E-state index contributed by atoms with van der Waals surface area (Å²) in [6, 6.07) is 14.6. The van der Waals surface area contributed by atoms with Gasteiger partial charge in [0, 0.05) is 49.9 Å². The fourth-order valence-electron chi connectivity index (χ4n) is 3.25. The van der Waals surface area contributed by atoms with Crippen molar-refractivity contribution < 1.29 is 9.21 Å². The van der Waals surface area contributed by atoms with Gasteiger partial charge in [-0.3, -0.25) is 4.79 Å². The van der Waals surface area contributed by atoms with Crippen molar-refractivity contribution in [3.05, 3.63) is 70.1 Å². The maximum Gasteiger partial charge on any atom is 0.360 e. The predicted molar refractivity (Wildman–Crippen MR) is 110 cm³/mol. The molecule has 5 nitrogen and oxygen atoms in total. The van der Waals surface area contributed by atoms with Crippen LogP contribution in [0.4, 0.5) is 11.4 Å². The minimum Gasteiger partial charge on any atom is -0.421 e. The molecule has 0 aliphatic carbocycles. The first-order valence-corrected chi connectivity index (χ1v) is 9.10. The summed E-state index contributed by atoms with van der Waals surface area (Å²) in [4.78, 5) is 30.0. The van der Waals surface area contributed by atoms with Crippen molar-refractivity contribution in [2.45, 2.75) is 13.8 Å². The molecule has 27 heavy (non-hydrogen) atoms. The zero-order chi connectivity index (χ0) is 19.6. The Morgan fingerprint density at radius 2 is 1.67 bits per heavy atom. The molecule has 5 heteroatoms. The summed E-state index contributed by atoms with van der Waals surface area (Å²) >= 11 is 0. The Labute approximate surface area is 158 Å². The molecule has 0 spiro atoms. The number of nitrogens with zero attached hydrogens (tertiary/aromatic N) is 2. The van der Waals surface area contributed by atoms with E-state index in [2.05, 4.69) is 0 Å². The van der Waals surface area contributed by atoms with Gasteiger partial charge in [-0.25, -0.2) is 4.79 Å². The van der Waals surface area contributed by atoms with Crippen molar-refractivity contribution in [1.82, 2.24) is 0 Å². The molecule has 2 aromatic carbocycles. The Kier molecular flexibility index (Phi) is 5.31. The molecule has 140 valence electrons. The van der Waals surface area contributed by atoms with E-state index in [0.29, 0.717) is 40.9 Å². The lowest BCUT2D eigenvalue weighted by molar-refractivity contribution is 0.104. The van der Waals surface area contributed by atoms with Crippen molar-refractivity contribution in [3.63, 3.8) is 0 Å². The zero-order valence-corrected chi connectivity index (χ0v) is 16.2. The minimum absolute atomic E-state index is 0.173. The lowest BCUT2D eigenvalue weighted by Gasteiger charge is -2.23. The molecule has 0 fully saturated rings. The highest BCUT2D eigenvalue weighted by molar-refractivity contribution is 6.19. The van der Waals surface area contributed by atoms with Gasteiger partial charge in [0.25, 0.3) is 0 Å². The maximum absolute atomic E-state index is 13.4. The molecule has 0 radical (unpaired) electrons. The molecular weight excluding hydrogens is 340 g/mol. The SMILES string of the molecule is CCN(CC)c1c(C(=O)c2ccccc2)c2ccc(N(C)C)cc2oc1=O. The molecule has 0 saturated carbocycles. The third-order valence-corrected chi connectivity index (χ3v) is 4.73. The number of benzene rings is 2. The lowest BCUT2D eigenvalue weighted by atomic mass is 9.98. The molecule has 0 atom stereocenters. The normalized spacial score (nSPS) is 10.8. The molecule has 3 aromatic rings. The average Bonchev–Trinajstić information content (AvgIpc) is 2.68. The highest BCUT2D eigenvalue weighted by Crippen LogP contribution is 2.30. The number of fused-ring (bicyclic) bond motifs is 1. The molecule has 0 unspecified atom stereocenters. The number of hydrogen-bond donors (Lipinski definition) is 0. The topological polar surface area (TPSA) is 53.8 Å². The number of rotatable bonds is 6. The van der Waals surface area contributed by atoms with Crippen molar-refractivity contribution >= 4 is 28.1 Å². The second-order valence-electron chi connectivity index (χ2n) is 6.56. The van der Waals surface area contributed by atoms with Crippen LogP contribution in [0.5, 0.6) is 0 Å². The van der Waals surface area contributed by atoms with Gasteiger partial charge in [-0.05, 0) is 26.0 Å². The predicted octanol–water partition coefficient (Wildman–Crippen LogP) is 3.94. The first-order chi connectivity index (χ1) is 13.0. The number of ketones is 1. The van der Waals surface area contributed by atoms with Crippen LogP contribution in [0, 0.1) is 0 Å². The molecular formula is C22H24N2O3. The van der Waals surface area contributed by atoms with Gasteiger partial charge in [0.1, 0.15) is 11.3 Å². The fourth-order valence-corrected chi connectivity index (χ4v) is 3.25. The highest BCUT2D eigenvalue weighted by Gasteiger charge is 2.25. The third kappa shape index (κ3) is 3.45. The van der Waals surface area contributed by atoms with Gasteiger partial charge in [-0.2, -0.15) is 0 Å². The number of hydrogen-bond acceptors (Lipinski definition) is 5. The second kappa shape index (κ2) is 7.66. The number of carbonyl (C=O) groups is 1. The van der Waals surface area contributed by atoms with Crippen molar-refractivity contribution in [2.24, 2.45) is 0 Å². The minimum atomic E-state index is -0.485. The number of carbonyl (C=O) groups excluding carboxylic acids is 1. The van der Waals surface area contributed by atoms with Crippen LogP contribution in [0.15, 0.2) is 57.7 Å². The van der Waals surface area contributed by atoms with Gasteiger partial charge in [-0.1, -0.05) is 30.3 Å². The zero-order valence-electron chi connectivity index (χ0n) is 16.2. The molecule has 0 bridgehead atoms. The quantitative estimate of drug-likeness (QED) is 0.490. The van der Waals surface area contributed by atoms with Crippen LogP contribution in [0.3, 0.4) is 0 Å². The van der Waals surface area contributed by atoms with Gasteiger partial charge in [0.05, 0.1) is 5.56 Å². The van der Waals surface area contributed by atoms with Crippen LogP contribution in [-0.4, -0.2) is 33.0 Å². The summed E-state index contributed by atoms with van der Waals surface area (Å²) in [5.41, 5.74) is 2.12. The fraction of sp³-hybridized carbons (Fsp3) is 0.273. The van der Waals surface area contributed by atoms with Crippen LogP contribution < -0.4 is 15.4 Å². The van der Waals surface area contributed by atoms with E-state index >= 15 is 0 Å². The van der Waals surface area contributed by atoms with Crippen LogP contribution in [-0.2, 0) is 0 Å². The summed E-state index contributed by atoms with van der Waals surface area (Å²) < 4.78 is 5.62. The molecule has 1 aromatic heterocycles. The van der Waals surface area contributed by atoms with Crippen LogP contribution in [0.2, 0.25) is 0 Å². The van der Waals surface area contributed by atoms with Gasteiger partial charge in [0.2, 0.25) is 0 Å². The Morgan fingerprint density at radius 1 is 1.00 bits per heavy atom. The number of anilines is 2. The molecule has 0 N–H and O–H groups in total. The van der Waals surface area contributed by atoms with E-state index < -0.39 is 5.63 Å². The summed E-state index contributed by atoms with van der Waals surface area (Å²) in [6.07, 6.45) is 0. The first-order valence-electron chi connectivity index (χ1n) is 9.10. The van der Waals surface area contributed by atoms with Gasteiger partial charge >= 0.3 is 5.63 Å². The van der Waals surface area contributed by atoms with E-state index in [-0.39, 0.29) is 5.78 Å². The van der Waals surface area contributed by atoms with Crippen molar-refractivity contribution in [3.8, 4) is 0 Å².